The summed E-state index contributed by atoms with van der Waals surface area (Å²) in [6, 6.07) is 2.58. The number of hydrogen-bond donors (Lipinski definition) is 1. The van der Waals surface area contributed by atoms with E-state index in [0.717, 1.165) is 6.07 Å². The lowest BCUT2D eigenvalue weighted by molar-refractivity contribution is 0.0980. The number of rotatable bonds is 3. The fourth-order valence-corrected chi connectivity index (χ4v) is 1.27. The number of halogens is 3. The fourth-order valence-electron chi connectivity index (χ4n) is 0.958. The number of nitrogens with two attached hydrogens (primary N) is 1. The highest BCUT2D eigenvalue weighted by Crippen LogP contribution is 2.22. The molecular weight excluding hydrogens is 258 g/mol. The predicted molar refractivity (Wildman–Crippen MR) is 50.3 cm³/mol. The van der Waals surface area contributed by atoms with Crippen molar-refractivity contribution in [1.82, 2.24) is 4.98 Å². The van der Waals surface area contributed by atoms with Crippen LogP contribution in [0, 0.1) is 0 Å². The SMILES string of the molecule is NC(=O)c1nc(CBr)ccc1C(F)F. The largest absolute Gasteiger partial charge is 0.364 e. The minimum absolute atomic E-state index is 0.364. The molecule has 0 saturated heterocycles. The first-order valence-corrected chi connectivity index (χ1v) is 4.82. The fraction of sp³-hybridized carbons (Fsp3) is 0.250. The standard InChI is InChI=1S/C8H7BrF2N2O/c9-3-4-1-2-5(7(10)11)6(13-4)8(12)14/h1-2,7H,3H2,(H2,12,14). The normalized spacial score (nSPS) is 10.6. The van der Waals surface area contributed by atoms with Crippen molar-refractivity contribution in [2.24, 2.45) is 5.73 Å². The smallest absolute Gasteiger partial charge is 0.267 e. The molecule has 3 nitrogen and oxygen atoms in total. The van der Waals surface area contributed by atoms with E-state index in [1.54, 1.807) is 0 Å². The molecule has 1 amide bonds. The molecule has 1 heterocycles. The lowest BCUT2D eigenvalue weighted by atomic mass is 10.1. The highest BCUT2D eigenvalue weighted by molar-refractivity contribution is 9.08. The van der Waals surface area contributed by atoms with Gasteiger partial charge in [-0.1, -0.05) is 15.9 Å². The van der Waals surface area contributed by atoms with Gasteiger partial charge in [-0.25, -0.2) is 13.8 Å². The van der Waals surface area contributed by atoms with Crippen LogP contribution in [-0.2, 0) is 5.33 Å². The van der Waals surface area contributed by atoms with Crippen molar-refractivity contribution in [2.75, 3.05) is 0 Å². The van der Waals surface area contributed by atoms with Crippen LogP contribution >= 0.6 is 15.9 Å². The van der Waals surface area contributed by atoms with Crippen LogP contribution in [0.4, 0.5) is 8.78 Å². The zero-order chi connectivity index (χ0) is 10.7. The molecule has 0 spiro atoms. The second-order valence-electron chi connectivity index (χ2n) is 2.54. The number of carbonyl (C=O) groups excluding carboxylic acids is 1. The summed E-state index contributed by atoms with van der Waals surface area (Å²) < 4.78 is 24.7. The topological polar surface area (TPSA) is 56.0 Å². The van der Waals surface area contributed by atoms with Gasteiger partial charge in [0, 0.05) is 10.9 Å². The molecule has 2 N–H and O–H groups in total. The van der Waals surface area contributed by atoms with Gasteiger partial charge in [-0.15, -0.1) is 0 Å². The third-order valence-corrected chi connectivity index (χ3v) is 2.16. The van der Waals surface area contributed by atoms with E-state index in [4.69, 9.17) is 5.73 Å². The number of carbonyl (C=O) groups is 1. The predicted octanol–water partition coefficient (Wildman–Crippen LogP) is 2.01. The Morgan fingerprint density at radius 2 is 2.21 bits per heavy atom. The molecule has 0 aromatic carbocycles. The van der Waals surface area contributed by atoms with Gasteiger partial charge in [0.05, 0.1) is 5.69 Å². The number of hydrogen-bond acceptors (Lipinski definition) is 2. The quantitative estimate of drug-likeness (QED) is 0.850. The average molecular weight is 265 g/mol. The first kappa shape index (κ1) is 11.0. The minimum Gasteiger partial charge on any atom is -0.364 e. The Hall–Kier alpha value is -1.04. The van der Waals surface area contributed by atoms with Crippen LogP contribution in [0.2, 0.25) is 0 Å². The summed E-state index contributed by atoms with van der Waals surface area (Å²) in [6.07, 6.45) is -2.74. The Bertz CT molecular complexity index is 357. The molecule has 76 valence electrons. The Morgan fingerprint density at radius 3 is 2.64 bits per heavy atom. The second kappa shape index (κ2) is 4.45. The van der Waals surface area contributed by atoms with Crippen molar-refractivity contribution in [2.45, 2.75) is 11.8 Å². The lowest BCUT2D eigenvalue weighted by Gasteiger charge is -2.05. The van der Waals surface area contributed by atoms with Crippen LogP contribution in [0.5, 0.6) is 0 Å². The summed E-state index contributed by atoms with van der Waals surface area (Å²) >= 11 is 3.10. The van der Waals surface area contributed by atoms with Crippen molar-refractivity contribution < 1.29 is 13.6 Å². The van der Waals surface area contributed by atoms with E-state index in [9.17, 15) is 13.6 Å². The first-order chi connectivity index (χ1) is 6.56. The van der Waals surface area contributed by atoms with E-state index in [1.807, 2.05) is 0 Å². The van der Waals surface area contributed by atoms with Crippen LogP contribution in [0.3, 0.4) is 0 Å². The van der Waals surface area contributed by atoms with Gasteiger partial charge in [0.2, 0.25) is 0 Å². The van der Waals surface area contributed by atoms with Gasteiger partial charge in [-0.3, -0.25) is 4.79 Å². The van der Waals surface area contributed by atoms with Gasteiger partial charge < -0.3 is 5.73 Å². The zero-order valence-corrected chi connectivity index (χ0v) is 8.59. The number of aromatic nitrogens is 1. The molecule has 1 aromatic heterocycles. The molecule has 0 aliphatic rings. The summed E-state index contributed by atoms with van der Waals surface area (Å²) in [5.74, 6) is -0.942. The van der Waals surface area contributed by atoms with Crippen LogP contribution < -0.4 is 5.73 Å². The molecule has 0 bridgehead atoms. The average Bonchev–Trinajstić information content (AvgIpc) is 2.16. The summed E-state index contributed by atoms with van der Waals surface area (Å²) in [6.45, 7) is 0. The van der Waals surface area contributed by atoms with Crippen molar-refractivity contribution in [1.29, 1.82) is 0 Å². The van der Waals surface area contributed by atoms with Gasteiger partial charge in [-0.05, 0) is 12.1 Å². The Kier molecular flexibility index (Phi) is 3.51. The van der Waals surface area contributed by atoms with E-state index in [2.05, 4.69) is 20.9 Å². The molecule has 14 heavy (non-hydrogen) atoms. The maximum Gasteiger partial charge on any atom is 0.267 e. The molecule has 0 radical (unpaired) electrons. The van der Waals surface area contributed by atoms with E-state index >= 15 is 0 Å². The number of primary amides is 1. The summed E-state index contributed by atoms with van der Waals surface area (Å²) in [5, 5.41) is 0.386. The molecule has 0 atom stereocenters. The molecule has 0 aliphatic carbocycles. The highest BCUT2D eigenvalue weighted by atomic mass is 79.9. The second-order valence-corrected chi connectivity index (χ2v) is 3.10. The number of nitrogens with zero attached hydrogens (tertiary/aromatic N) is 1. The third kappa shape index (κ3) is 2.25. The Labute approximate surface area is 87.4 Å². The monoisotopic (exact) mass is 264 g/mol. The van der Waals surface area contributed by atoms with Crippen molar-refractivity contribution in [3.05, 3.63) is 29.1 Å². The molecule has 1 rings (SSSR count). The molecule has 0 saturated carbocycles. The molecule has 0 aliphatic heterocycles. The summed E-state index contributed by atoms with van der Waals surface area (Å²) in [7, 11) is 0. The van der Waals surface area contributed by atoms with E-state index in [-0.39, 0.29) is 5.69 Å². The van der Waals surface area contributed by atoms with Crippen LogP contribution in [0.15, 0.2) is 12.1 Å². The van der Waals surface area contributed by atoms with Crippen molar-refractivity contribution >= 4 is 21.8 Å². The number of amides is 1. The maximum atomic E-state index is 12.4. The van der Waals surface area contributed by atoms with Gasteiger partial charge in [0.25, 0.3) is 12.3 Å². The highest BCUT2D eigenvalue weighted by Gasteiger charge is 2.18. The van der Waals surface area contributed by atoms with Gasteiger partial charge >= 0.3 is 0 Å². The lowest BCUT2D eigenvalue weighted by Crippen LogP contribution is -2.17. The minimum atomic E-state index is -2.74. The van der Waals surface area contributed by atoms with E-state index in [0.29, 0.717) is 11.0 Å². The molecular formula is C8H7BrF2N2O. The molecule has 6 heteroatoms. The van der Waals surface area contributed by atoms with Crippen LogP contribution in [-0.4, -0.2) is 10.9 Å². The molecule has 0 fully saturated rings. The maximum absolute atomic E-state index is 12.4. The van der Waals surface area contributed by atoms with Crippen molar-refractivity contribution in [3.63, 3.8) is 0 Å². The molecule has 1 aromatic rings. The summed E-state index contributed by atoms with van der Waals surface area (Å²) in [5.41, 5.74) is 4.62. The van der Waals surface area contributed by atoms with Gasteiger partial charge in [0.15, 0.2) is 0 Å². The zero-order valence-electron chi connectivity index (χ0n) is 7.01. The van der Waals surface area contributed by atoms with Gasteiger partial charge in [0.1, 0.15) is 5.69 Å². The molecule has 0 unspecified atom stereocenters. The summed E-state index contributed by atoms with van der Waals surface area (Å²) in [4.78, 5) is 14.5. The van der Waals surface area contributed by atoms with E-state index < -0.39 is 17.9 Å². The van der Waals surface area contributed by atoms with E-state index in [1.165, 1.54) is 6.07 Å². The first-order valence-electron chi connectivity index (χ1n) is 3.70. The van der Waals surface area contributed by atoms with Crippen molar-refractivity contribution in [3.8, 4) is 0 Å². The van der Waals surface area contributed by atoms with Crippen LogP contribution in [0.1, 0.15) is 28.2 Å². The third-order valence-electron chi connectivity index (χ3n) is 1.59. The Morgan fingerprint density at radius 1 is 1.57 bits per heavy atom. The van der Waals surface area contributed by atoms with Gasteiger partial charge in [-0.2, -0.15) is 0 Å². The number of pyridine rings is 1. The van der Waals surface area contributed by atoms with Crippen LogP contribution in [0.25, 0.3) is 0 Å². The Balaban J connectivity index is 3.24. The number of alkyl halides is 3.